The van der Waals surface area contributed by atoms with Crippen molar-refractivity contribution in [1.29, 1.82) is 0 Å². The molecule has 2 aromatic carbocycles. The van der Waals surface area contributed by atoms with Gasteiger partial charge in [-0.1, -0.05) is 36.4 Å². The Morgan fingerprint density at radius 3 is 2.52 bits per heavy atom. The van der Waals surface area contributed by atoms with Crippen LogP contribution in [0.15, 0.2) is 54.6 Å². The topological polar surface area (TPSA) is 81.4 Å². The summed E-state index contributed by atoms with van der Waals surface area (Å²) in [5.74, 6) is -0.267. The number of primary amides is 1. The van der Waals surface area contributed by atoms with E-state index in [0.717, 1.165) is 16.0 Å². The summed E-state index contributed by atoms with van der Waals surface area (Å²) in [5.41, 5.74) is 8.10. The maximum atomic E-state index is 12.6. The van der Waals surface area contributed by atoms with Crippen molar-refractivity contribution in [2.24, 2.45) is 5.73 Å². The predicted octanol–water partition coefficient (Wildman–Crippen LogP) is 4.30. The van der Waals surface area contributed by atoms with E-state index >= 15 is 0 Å². The Hall–Kier alpha value is -3.12. The van der Waals surface area contributed by atoms with E-state index in [1.54, 1.807) is 24.3 Å². The van der Waals surface area contributed by atoms with Crippen molar-refractivity contribution in [3.63, 3.8) is 0 Å². The zero-order valence-electron chi connectivity index (χ0n) is 15.1. The predicted molar refractivity (Wildman–Crippen MR) is 107 cm³/mol. The van der Waals surface area contributed by atoms with Crippen molar-refractivity contribution in [1.82, 2.24) is 0 Å². The highest BCUT2D eigenvalue weighted by Gasteiger charge is 2.19. The molecular formula is C21H20N2O3S. The normalized spacial score (nSPS) is 10.4. The van der Waals surface area contributed by atoms with Crippen LogP contribution in [0, 0.1) is 13.8 Å². The molecule has 27 heavy (non-hydrogen) atoms. The summed E-state index contributed by atoms with van der Waals surface area (Å²) in [4.78, 5) is 25.3. The van der Waals surface area contributed by atoms with Crippen molar-refractivity contribution in [3.8, 4) is 5.75 Å². The van der Waals surface area contributed by atoms with Crippen LogP contribution < -0.4 is 15.8 Å². The highest BCUT2D eigenvalue weighted by atomic mass is 32.1. The molecule has 6 heteroatoms. The Morgan fingerprint density at radius 2 is 1.81 bits per heavy atom. The second kappa shape index (κ2) is 8.05. The molecule has 0 bridgehead atoms. The molecule has 0 aliphatic carbocycles. The Kier molecular flexibility index (Phi) is 5.57. The fourth-order valence-corrected chi connectivity index (χ4v) is 3.72. The largest absolute Gasteiger partial charge is 0.489 e. The number of hydrogen-bond donors (Lipinski definition) is 2. The van der Waals surface area contributed by atoms with Gasteiger partial charge in [-0.05, 0) is 43.2 Å². The number of carbonyl (C=O) groups excluding carboxylic acids is 2. The highest BCUT2D eigenvalue weighted by molar-refractivity contribution is 7.16. The first kappa shape index (κ1) is 18.7. The zero-order chi connectivity index (χ0) is 19.4. The standard InChI is InChI=1S/C21H20N2O3S/c1-13-14(2)27-21(18(13)19(22)24)23-20(25)16-9-6-10-17(11-16)26-12-15-7-4-3-5-8-15/h3-11H,12H2,1-2H3,(H2,22,24)(H,23,25). The van der Waals surface area contributed by atoms with Gasteiger partial charge in [-0.25, -0.2) is 0 Å². The van der Waals surface area contributed by atoms with E-state index in [4.69, 9.17) is 10.5 Å². The Labute approximate surface area is 161 Å². The minimum absolute atomic E-state index is 0.316. The first-order chi connectivity index (χ1) is 13.0. The molecule has 3 aromatic rings. The molecule has 0 spiro atoms. The highest BCUT2D eigenvalue weighted by Crippen LogP contribution is 2.32. The van der Waals surface area contributed by atoms with Gasteiger partial charge in [0, 0.05) is 10.4 Å². The number of hydrogen-bond acceptors (Lipinski definition) is 4. The second-order valence-electron chi connectivity index (χ2n) is 6.11. The van der Waals surface area contributed by atoms with Crippen LogP contribution in [0.4, 0.5) is 5.00 Å². The first-order valence-corrected chi connectivity index (χ1v) is 9.25. The smallest absolute Gasteiger partial charge is 0.256 e. The van der Waals surface area contributed by atoms with Crippen LogP contribution in [0.1, 0.15) is 36.7 Å². The molecule has 0 unspecified atom stereocenters. The van der Waals surface area contributed by atoms with E-state index in [1.165, 1.54) is 11.3 Å². The molecule has 0 fully saturated rings. The number of rotatable bonds is 6. The zero-order valence-corrected chi connectivity index (χ0v) is 15.9. The summed E-state index contributed by atoms with van der Waals surface area (Å²) < 4.78 is 5.77. The number of aryl methyl sites for hydroxylation is 1. The number of carbonyl (C=O) groups is 2. The number of anilines is 1. The SMILES string of the molecule is Cc1sc(NC(=O)c2cccc(OCc3ccccc3)c2)c(C(N)=O)c1C. The minimum Gasteiger partial charge on any atom is -0.489 e. The summed E-state index contributed by atoms with van der Waals surface area (Å²) >= 11 is 1.34. The molecule has 138 valence electrons. The van der Waals surface area contributed by atoms with Gasteiger partial charge in [-0.15, -0.1) is 11.3 Å². The van der Waals surface area contributed by atoms with Gasteiger partial charge in [0.15, 0.2) is 0 Å². The lowest BCUT2D eigenvalue weighted by atomic mass is 10.1. The number of nitrogens with one attached hydrogen (secondary N) is 1. The van der Waals surface area contributed by atoms with Crippen LogP contribution >= 0.6 is 11.3 Å². The van der Waals surface area contributed by atoms with Crippen molar-refractivity contribution in [3.05, 3.63) is 81.7 Å². The van der Waals surface area contributed by atoms with Crippen molar-refractivity contribution in [2.75, 3.05) is 5.32 Å². The molecule has 0 aliphatic rings. The Bertz CT molecular complexity index is 980. The van der Waals surface area contributed by atoms with Gasteiger partial charge < -0.3 is 15.8 Å². The third-order valence-corrected chi connectivity index (χ3v) is 5.33. The summed E-state index contributed by atoms with van der Waals surface area (Å²) in [6.07, 6.45) is 0. The lowest BCUT2D eigenvalue weighted by Gasteiger charge is -2.09. The summed E-state index contributed by atoms with van der Waals surface area (Å²) in [6, 6.07) is 16.7. The molecule has 0 saturated heterocycles. The molecule has 3 N–H and O–H groups in total. The minimum atomic E-state index is -0.549. The summed E-state index contributed by atoms with van der Waals surface area (Å²) in [5, 5.41) is 3.26. The molecule has 0 radical (unpaired) electrons. The van der Waals surface area contributed by atoms with Crippen LogP contribution in [-0.2, 0) is 6.61 Å². The lowest BCUT2D eigenvalue weighted by molar-refractivity contribution is 0.100. The summed E-state index contributed by atoms with van der Waals surface area (Å²) in [6.45, 7) is 4.13. The van der Waals surface area contributed by atoms with E-state index in [-0.39, 0.29) is 5.91 Å². The third kappa shape index (κ3) is 4.35. The van der Waals surface area contributed by atoms with Crippen LogP contribution in [0.3, 0.4) is 0 Å². The van der Waals surface area contributed by atoms with Crippen LogP contribution in [0.5, 0.6) is 5.75 Å². The summed E-state index contributed by atoms with van der Waals surface area (Å²) in [7, 11) is 0. The van der Waals surface area contributed by atoms with E-state index in [0.29, 0.717) is 28.5 Å². The second-order valence-corrected chi connectivity index (χ2v) is 7.33. The molecule has 3 rings (SSSR count). The molecule has 1 heterocycles. The number of thiophene rings is 1. The van der Waals surface area contributed by atoms with Gasteiger partial charge in [0.25, 0.3) is 11.8 Å². The van der Waals surface area contributed by atoms with E-state index in [2.05, 4.69) is 5.32 Å². The number of amides is 2. The van der Waals surface area contributed by atoms with Crippen molar-refractivity contribution in [2.45, 2.75) is 20.5 Å². The Morgan fingerprint density at radius 1 is 1.07 bits per heavy atom. The first-order valence-electron chi connectivity index (χ1n) is 8.43. The fourth-order valence-electron chi connectivity index (χ4n) is 2.66. The number of ether oxygens (including phenoxy) is 1. The average Bonchev–Trinajstić information content (AvgIpc) is 2.94. The lowest BCUT2D eigenvalue weighted by Crippen LogP contribution is -2.17. The van der Waals surface area contributed by atoms with Gasteiger partial charge in [0.2, 0.25) is 0 Å². The van der Waals surface area contributed by atoms with Crippen LogP contribution in [0.25, 0.3) is 0 Å². The van der Waals surface area contributed by atoms with Crippen molar-refractivity contribution < 1.29 is 14.3 Å². The molecule has 5 nitrogen and oxygen atoms in total. The van der Waals surface area contributed by atoms with Crippen molar-refractivity contribution >= 4 is 28.2 Å². The van der Waals surface area contributed by atoms with Crippen LogP contribution in [-0.4, -0.2) is 11.8 Å². The monoisotopic (exact) mass is 380 g/mol. The van der Waals surface area contributed by atoms with E-state index in [1.807, 2.05) is 44.2 Å². The number of benzene rings is 2. The molecule has 2 amide bonds. The van der Waals surface area contributed by atoms with E-state index in [9.17, 15) is 9.59 Å². The molecule has 0 aliphatic heterocycles. The van der Waals surface area contributed by atoms with Crippen LogP contribution in [0.2, 0.25) is 0 Å². The molecule has 0 atom stereocenters. The average molecular weight is 380 g/mol. The van der Waals surface area contributed by atoms with Gasteiger partial charge in [-0.3, -0.25) is 9.59 Å². The van der Waals surface area contributed by atoms with E-state index < -0.39 is 5.91 Å². The molecule has 1 aromatic heterocycles. The van der Waals surface area contributed by atoms with Gasteiger partial charge in [0.05, 0.1) is 5.56 Å². The fraction of sp³-hybridized carbons (Fsp3) is 0.143. The number of nitrogens with two attached hydrogens (primary N) is 1. The van der Waals surface area contributed by atoms with Gasteiger partial charge in [-0.2, -0.15) is 0 Å². The molecule has 0 saturated carbocycles. The maximum Gasteiger partial charge on any atom is 0.256 e. The third-order valence-electron chi connectivity index (χ3n) is 4.20. The van der Waals surface area contributed by atoms with Gasteiger partial charge >= 0.3 is 0 Å². The molecular weight excluding hydrogens is 360 g/mol. The Balaban J connectivity index is 1.74. The quantitative estimate of drug-likeness (QED) is 0.669. The van der Waals surface area contributed by atoms with Gasteiger partial charge in [0.1, 0.15) is 17.4 Å². The maximum absolute atomic E-state index is 12.6.